The number of aryl methyl sites for hydroxylation is 1. The van der Waals surface area contributed by atoms with Gasteiger partial charge in [0.1, 0.15) is 11.5 Å². The SMILES string of the molecule is Cc1ccc([C@H](C(=O)NC2CCCC2)N(Cc2cccs2)C(=O)CNC(=O)c2ccco2)o1. The molecule has 0 unspecified atom stereocenters. The molecule has 3 aromatic heterocycles. The first-order valence-electron chi connectivity index (χ1n) is 11.0. The second-order valence-electron chi connectivity index (χ2n) is 8.10. The first-order valence-corrected chi connectivity index (χ1v) is 11.9. The maximum absolute atomic E-state index is 13.4. The Balaban J connectivity index is 1.58. The smallest absolute Gasteiger partial charge is 0.287 e. The topological polar surface area (TPSA) is 105 Å². The Kier molecular flexibility index (Phi) is 7.29. The molecule has 0 aliphatic heterocycles. The molecule has 3 aromatic rings. The molecule has 0 spiro atoms. The molecule has 1 atom stereocenters. The summed E-state index contributed by atoms with van der Waals surface area (Å²) in [5, 5.41) is 7.60. The van der Waals surface area contributed by atoms with Gasteiger partial charge >= 0.3 is 0 Å². The molecule has 2 N–H and O–H groups in total. The first-order chi connectivity index (χ1) is 16.0. The number of nitrogens with one attached hydrogen (secondary N) is 2. The molecule has 174 valence electrons. The summed E-state index contributed by atoms with van der Waals surface area (Å²) in [6.45, 7) is 1.73. The van der Waals surface area contributed by atoms with E-state index in [1.807, 2.05) is 17.5 Å². The molecule has 4 rings (SSSR count). The van der Waals surface area contributed by atoms with Gasteiger partial charge < -0.3 is 24.4 Å². The van der Waals surface area contributed by atoms with Gasteiger partial charge in [0.25, 0.3) is 11.8 Å². The Morgan fingerprint density at radius 1 is 1.15 bits per heavy atom. The third kappa shape index (κ3) is 5.73. The summed E-state index contributed by atoms with van der Waals surface area (Å²) in [4.78, 5) is 41.5. The lowest BCUT2D eigenvalue weighted by atomic mass is 10.1. The van der Waals surface area contributed by atoms with Crippen LogP contribution in [0.3, 0.4) is 0 Å². The fraction of sp³-hybridized carbons (Fsp3) is 0.375. The Labute approximate surface area is 195 Å². The third-order valence-electron chi connectivity index (χ3n) is 5.66. The van der Waals surface area contributed by atoms with Gasteiger partial charge in [-0.25, -0.2) is 0 Å². The van der Waals surface area contributed by atoms with Crippen molar-refractivity contribution in [2.45, 2.75) is 51.2 Å². The number of carbonyl (C=O) groups excluding carboxylic acids is 3. The summed E-state index contributed by atoms with van der Waals surface area (Å²) in [6.07, 6.45) is 5.39. The second kappa shape index (κ2) is 10.5. The summed E-state index contributed by atoms with van der Waals surface area (Å²) < 4.78 is 10.9. The maximum Gasteiger partial charge on any atom is 0.287 e. The summed E-state index contributed by atoms with van der Waals surface area (Å²) in [5.74, 6) is -0.0129. The minimum Gasteiger partial charge on any atom is -0.464 e. The standard InChI is InChI=1S/C24H27N3O5S/c1-16-10-11-19(32-16)22(24(30)26-17-6-2-3-7-17)27(15-18-8-5-13-33-18)21(28)14-25-23(29)20-9-4-12-31-20/h4-5,8-13,17,22H,2-3,6-7,14-15H2,1H3,(H,25,29)(H,26,30)/t22-/m1/s1. The van der Waals surface area contributed by atoms with Crippen LogP contribution >= 0.6 is 11.3 Å². The molecule has 0 bridgehead atoms. The van der Waals surface area contributed by atoms with Crippen molar-refractivity contribution in [3.63, 3.8) is 0 Å². The molecule has 0 radical (unpaired) electrons. The van der Waals surface area contributed by atoms with E-state index in [1.54, 1.807) is 25.1 Å². The number of amides is 3. The van der Waals surface area contributed by atoms with Gasteiger partial charge in [-0.05, 0) is 55.5 Å². The number of carbonyl (C=O) groups is 3. The van der Waals surface area contributed by atoms with Gasteiger partial charge in [-0.2, -0.15) is 0 Å². The van der Waals surface area contributed by atoms with Crippen molar-refractivity contribution in [1.29, 1.82) is 0 Å². The molecule has 0 aromatic carbocycles. The monoisotopic (exact) mass is 469 g/mol. The Bertz CT molecular complexity index is 1070. The lowest BCUT2D eigenvalue weighted by Gasteiger charge is -2.30. The predicted molar refractivity (Wildman–Crippen MR) is 122 cm³/mol. The van der Waals surface area contributed by atoms with Gasteiger partial charge in [0.05, 0.1) is 19.4 Å². The predicted octanol–water partition coefficient (Wildman–Crippen LogP) is 3.80. The average molecular weight is 470 g/mol. The lowest BCUT2D eigenvalue weighted by molar-refractivity contribution is -0.141. The molecular weight excluding hydrogens is 442 g/mol. The van der Waals surface area contributed by atoms with Crippen LogP contribution in [0.25, 0.3) is 0 Å². The lowest BCUT2D eigenvalue weighted by Crippen LogP contribution is -2.48. The van der Waals surface area contributed by atoms with Crippen LogP contribution in [0.4, 0.5) is 0 Å². The van der Waals surface area contributed by atoms with Crippen LogP contribution < -0.4 is 10.6 Å². The van der Waals surface area contributed by atoms with Crippen molar-refractivity contribution in [3.8, 4) is 0 Å². The number of hydrogen-bond donors (Lipinski definition) is 2. The zero-order valence-electron chi connectivity index (χ0n) is 18.4. The number of rotatable bonds is 9. The van der Waals surface area contributed by atoms with E-state index in [2.05, 4.69) is 10.6 Å². The van der Waals surface area contributed by atoms with E-state index in [4.69, 9.17) is 8.83 Å². The average Bonchev–Trinajstić information content (AvgIpc) is 3.60. The first kappa shape index (κ1) is 22.8. The summed E-state index contributed by atoms with van der Waals surface area (Å²) in [5.41, 5.74) is 0. The van der Waals surface area contributed by atoms with E-state index in [-0.39, 0.29) is 30.8 Å². The van der Waals surface area contributed by atoms with Gasteiger partial charge in [-0.1, -0.05) is 18.9 Å². The highest BCUT2D eigenvalue weighted by Gasteiger charge is 2.35. The highest BCUT2D eigenvalue weighted by atomic mass is 32.1. The van der Waals surface area contributed by atoms with Crippen LogP contribution in [-0.4, -0.2) is 35.2 Å². The van der Waals surface area contributed by atoms with E-state index in [9.17, 15) is 14.4 Å². The summed E-state index contributed by atoms with van der Waals surface area (Å²) in [7, 11) is 0. The molecule has 3 heterocycles. The van der Waals surface area contributed by atoms with E-state index >= 15 is 0 Å². The number of nitrogens with zero attached hydrogens (tertiary/aromatic N) is 1. The number of thiophene rings is 1. The zero-order valence-corrected chi connectivity index (χ0v) is 19.2. The fourth-order valence-corrected chi connectivity index (χ4v) is 4.72. The molecule has 3 amide bonds. The molecule has 8 nitrogen and oxygen atoms in total. The van der Waals surface area contributed by atoms with Gasteiger partial charge in [-0.3, -0.25) is 14.4 Å². The molecule has 1 aliphatic rings. The van der Waals surface area contributed by atoms with Crippen LogP contribution in [0.15, 0.2) is 56.9 Å². The molecule has 1 fully saturated rings. The number of furan rings is 2. The normalized spacial score (nSPS) is 14.7. The van der Waals surface area contributed by atoms with Gasteiger partial charge in [-0.15, -0.1) is 11.3 Å². The molecule has 33 heavy (non-hydrogen) atoms. The summed E-state index contributed by atoms with van der Waals surface area (Å²) in [6, 6.07) is 9.57. The van der Waals surface area contributed by atoms with Gasteiger partial charge in [0, 0.05) is 10.9 Å². The molecule has 1 aliphatic carbocycles. The zero-order chi connectivity index (χ0) is 23.2. The Hall–Kier alpha value is -3.33. The minimum absolute atomic E-state index is 0.0911. The third-order valence-corrected chi connectivity index (χ3v) is 6.53. The van der Waals surface area contributed by atoms with E-state index in [0.717, 1.165) is 30.6 Å². The van der Waals surface area contributed by atoms with Gasteiger partial charge in [0.15, 0.2) is 11.8 Å². The minimum atomic E-state index is -0.950. The van der Waals surface area contributed by atoms with Crippen molar-refractivity contribution < 1.29 is 23.2 Å². The van der Waals surface area contributed by atoms with Crippen LogP contribution in [-0.2, 0) is 16.1 Å². The highest BCUT2D eigenvalue weighted by molar-refractivity contribution is 7.09. The quantitative estimate of drug-likeness (QED) is 0.496. The Morgan fingerprint density at radius 3 is 2.61 bits per heavy atom. The second-order valence-corrected chi connectivity index (χ2v) is 9.13. The van der Waals surface area contributed by atoms with Crippen LogP contribution in [0.1, 0.15) is 58.7 Å². The van der Waals surface area contributed by atoms with Crippen LogP contribution in [0, 0.1) is 6.92 Å². The molecular formula is C24H27N3O5S. The maximum atomic E-state index is 13.4. The largest absolute Gasteiger partial charge is 0.464 e. The number of hydrogen-bond acceptors (Lipinski definition) is 6. The van der Waals surface area contributed by atoms with E-state index in [1.165, 1.54) is 28.6 Å². The van der Waals surface area contributed by atoms with E-state index < -0.39 is 17.9 Å². The molecule has 1 saturated carbocycles. The van der Waals surface area contributed by atoms with Crippen LogP contribution in [0.2, 0.25) is 0 Å². The van der Waals surface area contributed by atoms with Crippen molar-refractivity contribution in [1.82, 2.24) is 15.5 Å². The van der Waals surface area contributed by atoms with Crippen molar-refractivity contribution >= 4 is 29.1 Å². The Morgan fingerprint density at radius 2 is 1.97 bits per heavy atom. The van der Waals surface area contributed by atoms with Crippen molar-refractivity contribution in [3.05, 3.63) is 70.2 Å². The van der Waals surface area contributed by atoms with Crippen molar-refractivity contribution in [2.75, 3.05) is 6.54 Å². The summed E-state index contributed by atoms with van der Waals surface area (Å²) >= 11 is 1.49. The molecule has 0 saturated heterocycles. The van der Waals surface area contributed by atoms with E-state index in [0.29, 0.717) is 11.5 Å². The fourth-order valence-electron chi connectivity index (χ4n) is 4.02. The highest BCUT2D eigenvalue weighted by Crippen LogP contribution is 2.28. The van der Waals surface area contributed by atoms with Gasteiger partial charge in [0.2, 0.25) is 5.91 Å². The van der Waals surface area contributed by atoms with Crippen molar-refractivity contribution in [2.24, 2.45) is 0 Å². The molecule has 9 heteroatoms. The van der Waals surface area contributed by atoms with Crippen LogP contribution in [0.5, 0.6) is 0 Å².